The smallest absolute Gasteiger partial charge is 0.252 e. The van der Waals surface area contributed by atoms with Gasteiger partial charge in [0.15, 0.2) is 0 Å². The molecule has 0 aliphatic heterocycles. The summed E-state index contributed by atoms with van der Waals surface area (Å²) in [5.74, 6) is 0.0692. The molecule has 2 aromatic carbocycles. The Bertz CT molecular complexity index is 1060. The number of nitriles is 1. The number of hydrogen-bond donors (Lipinski definition) is 1. The molecule has 3 rings (SSSR count). The van der Waals surface area contributed by atoms with Crippen LogP contribution in [0, 0.1) is 11.3 Å². The number of hydrogen-bond acceptors (Lipinski definition) is 4. The van der Waals surface area contributed by atoms with E-state index in [9.17, 15) is 10.1 Å². The van der Waals surface area contributed by atoms with Crippen LogP contribution in [0.1, 0.15) is 40.1 Å². The number of carbonyl (C=O) groups excluding carboxylic acids is 1. The number of halogens is 2. The van der Waals surface area contributed by atoms with Gasteiger partial charge in [0.2, 0.25) is 0 Å². The van der Waals surface area contributed by atoms with E-state index >= 15 is 0 Å². The molecule has 29 heavy (non-hydrogen) atoms. The highest BCUT2D eigenvalue weighted by atomic mass is 35.5. The van der Waals surface area contributed by atoms with Gasteiger partial charge in [-0.3, -0.25) is 9.78 Å². The van der Waals surface area contributed by atoms with Gasteiger partial charge in [-0.15, -0.1) is 0 Å². The SMILES string of the molecule is CCOc1ccc(C(=O)NC(c2ccc(Cl)cc2)c2ncccc2Cl)cc1C#N. The molecule has 1 N–H and O–H groups in total. The summed E-state index contributed by atoms with van der Waals surface area (Å²) < 4.78 is 5.42. The first-order valence-corrected chi connectivity index (χ1v) is 9.62. The Morgan fingerprint density at radius 1 is 1.21 bits per heavy atom. The lowest BCUT2D eigenvalue weighted by Crippen LogP contribution is -2.30. The largest absolute Gasteiger partial charge is 0.492 e. The lowest BCUT2D eigenvalue weighted by Gasteiger charge is -2.20. The van der Waals surface area contributed by atoms with Gasteiger partial charge in [-0.1, -0.05) is 35.3 Å². The Kier molecular flexibility index (Phi) is 6.71. The summed E-state index contributed by atoms with van der Waals surface area (Å²) in [6.07, 6.45) is 1.61. The molecule has 0 bridgehead atoms. The zero-order chi connectivity index (χ0) is 20.8. The second-order valence-electron chi connectivity index (χ2n) is 6.08. The van der Waals surface area contributed by atoms with Crippen molar-refractivity contribution in [2.45, 2.75) is 13.0 Å². The Morgan fingerprint density at radius 2 is 1.97 bits per heavy atom. The molecule has 1 atom stereocenters. The number of nitrogens with one attached hydrogen (secondary N) is 1. The Labute approximate surface area is 178 Å². The minimum Gasteiger partial charge on any atom is -0.492 e. The molecule has 0 spiro atoms. The quantitative estimate of drug-likeness (QED) is 0.590. The lowest BCUT2D eigenvalue weighted by molar-refractivity contribution is 0.0942. The Balaban J connectivity index is 1.96. The van der Waals surface area contributed by atoms with E-state index < -0.39 is 6.04 Å². The van der Waals surface area contributed by atoms with Gasteiger partial charge in [0.1, 0.15) is 11.8 Å². The van der Waals surface area contributed by atoms with Crippen LogP contribution in [0.2, 0.25) is 10.0 Å². The van der Waals surface area contributed by atoms with E-state index in [0.29, 0.717) is 39.2 Å². The number of nitrogens with zero attached hydrogens (tertiary/aromatic N) is 2. The van der Waals surface area contributed by atoms with Crippen molar-refractivity contribution >= 4 is 29.1 Å². The number of pyridine rings is 1. The molecule has 1 aromatic heterocycles. The van der Waals surface area contributed by atoms with E-state index in [1.54, 1.807) is 54.7 Å². The molecular weight excluding hydrogens is 409 g/mol. The van der Waals surface area contributed by atoms with Crippen molar-refractivity contribution < 1.29 is 9.53 Å². The number of ether oxygens (including phenoxy) is 1. The molecule has 0 fully saturated rings. The number of amides is 1. The van der Waals surface area contributed by atoms with E-state index in [0.717, 1.165) is 5.56 Å². The summed E-state index contributed by atoms with van der Waals surface area (Å²) >= 11 is 12.3. The van der Waals surface area contributed by atoms with Crippen LogP contribution >= 0.6 is 23.2 Å². The minimum atomic E-state index is -0.592. The molecule has 0 aliphatic rings. The molecule has 0 saturated carbocycles. The fourth-order valence-corrected chi connectivity index (χ4v) is 3.19. The van der Waals surface area contributed by atoms with Crippen LogP contribution in [-0.4, -0.2) is 17.5 Å². The predicted octanol–water partition coefficient (Wildman–Crippen LogP) is 5.18. The van der Waals surface area contributed by atoms with E-state index in [4.69, 9.17) is 27.9 Å². The van der Waals surface area contributed by atoms with E-state index in [1.807, 2.05) is 6.92 Å². The number of rotatable bonds is 6. The van der Waals surface area contributed by atoms with Crippen LogP contribution in [0.15, 0.2) is 60.8 Å². The van der Waals surface area contributed by atoms with Crippen LogP contribution in [0.25, 0.3) is 0 Å². The van der Waals surface area contributed by atoms with Crippen molar-refractivity contribution in [3.63, 3.8) is 0 Å². The molecule has 1 heterocycles. The number of benzene rings is 2. The van der Waals surface area contributed by atoms with Crippen molar-refractivity contribution in [1.82, 2.24) is 10.3 Å². The predicted molar refractivity (Wildman–Crippen MR) is 112 cm³/mol. The highest BCUT2D eigenvalue weighted by Gasteiger charge is 2.22. The highest BCUT2D eigenvalue weighted by molar-refractivity contribution is 6.31. The zero-order valence-electron chi connectivity index (χ0n) is 15.5. The van der Waals surface area contributed by atoms with E-state index in [1.165, 1.54) is 6.07 Å². The zero-order valence-corrected chi connectivity index (χ0v) is 17.0. The fourth-order valence-electron chi connectivity index (χ4n) is 2.83. The third-order valence-electron chi connectivity index (χ3n) is 4.20. The maximum absolute atomic E-state index is 13.0. The molecule has 5 nitrogen and oxygen atoms in total. The van der Waals surface area contributed by atoms with Gasteiger partial charge in [0.05, 0.1) is 28.9 Å². The highest BCUT2D eigenvalue weighted by Crippen LogP contribution is 2.28. The maximum atomic E-state index is 13.0. The third kappa shape index (κ3) is 4.86. The van der Waals surface area contributed by atoms with Crippen LogP contribution < -0.4 is 10.1 Å². The summed E-state index contributed by atoms with van der Waals surface area (Å²) in [5.41, 5.74) is 1.90. The summed E-state index contributed by atoms with van der Waals surface area (Å²) in [6.45, 7) is 2.26. The Morgan fingerprint density at radius 3 is 2.62 bits per heavy atom. The average molecular weight is 426 g/mol. The van der Waals surface area contributed by atoms with Gasteiger partial charge in [0, 0.05) is 16.8 Å². The molecule has 0 radical (unpaired) electrons. The average Bonchev–Trinajstić information content (AvgIpc) is 2.73. The maximum Gasteiger partial charge on any atom is 0.252 e. The molecule has 7 heteroatoms. The van der Waals surface area contributed by atoms with Crippen LogP contribution in [0.3, 0.4) is 0 Å². The van der Waals surface area contributed by atoms with Crippen molar-refractivity contribution in [3.05, 3.63) is 93.2 Å². The summed E-state index contributed by atoms with van der Waals surface area (Å²) in [7, 11) is 0. The third-order valence-corrected chi connectivity index (χ3v) is 4.77. The monoisotopic (exact) mass is 425 g/mol. The number of carbonyl (C=O) groups is 1. The first-order valence-electron chi connectivity index (χ1n) is 8.87. The van der Waals surface area contributed by atoms with Gasteiger partial charge in [0.25, 0.3) is 5.91 Å². The summed E-state index contributed by atoms with van der Waals surface area (Å²) in [6, 6.07) is 16.7. The summed E-state index contributed by atoms with van der Waals surface area (Å²) in [4.78, 5) is 17.3. The van der Waals surface area contributed by atoms with Crippen molar-refractivity contribution in [2.75, 3.05) is 6.61 Å². The Hall–Kier alpha value is -3.07. The standard InChI is InChI=1S/C22H17Cl2N3O2/c1-2-29-19-10-7-15(12-16(19)13-25)22(28)27-20(14-5-8-17(23)9-6-14)21-18(24)4-3-11-26-21/h3-12,20H,2H2,1H3,(H,27,28). The molecule has 0 saturated heterocycles. The van der Waals surface area contributed by atoms with Crippen molar-refractivity contribution in [2.24, 2.45) is 0 Å². The van der Waals surface area contributed by atoms with Gasteiger partial charge in [-0.05, 0) is 55.0 Å². The first-order chi connectivity index (χ1) is 14.0. The second kappa shape index (κ2) is 9.42. The van der Waals surface area contributed by atoms with Gasteiger partial charge in [-0.25, -0.2) is 0 Å². The van der Waals surface area contributed by atoms with Crippen molar-refractivity contribution in [1.29, 1.82) is 5.26 Å². The molecule has 146 valence electrons. The van der Waals surface area contributed by atoms with Crippen LogP contribution in [0.4, 0.5) is 0 Å². The molecular formula is C22H17Cl2N3O2. The van der Waals surface area contributed by atoms with Gasteiger partial charge < -0.3 is 10.1 Å². The number of aromatic nitrogens is 1. The minimum absolute atomic E-state index is 0.290. The molecule has 1 unspecified atom stereocenters. The van der Waals surface area contributed by atoms with Crippen LogP contribution in [0.5, 0.6) is 5.75 Å². The van der Waals surface area contributed by atoms with Crippen molar-refractivity contribution in [3.8, 4) is 11.8 Å². The summed E-state index contributed by atoms with van der Waals surface area (Å²) in [5, 5.41) is 13.3. The normalized spacial score (nSPS) is 11.4. The molecule has 1 amide bonds. The fraction of sp³-hybridized carbons (Fsp3) is 0.136. The van der Waals surface area contributed by atoms with E-state index in [2.05, 4.69) is 16.4 Å². The van der Waals surface area contributed by atoms with Gasteiger partial charge >= 0.3 is 0 Å². The van der Waals surface area contributed by atoms with Crippen LogP contribution in [-0.2, 0) is 0 Å². The molecule has 0 aliphatic carbocycles. The topological polar surface area (TPSA) is 75.0 Å². The molecule has 3 aromatic rings. The second-order valence-corrected chi connectivity index (χ2v) is 6.93. The first kappa shape index (κ1) is 20.7. The van der Waals surface area contributed by atoms with E-state index in [-0.39, 0.29) is 5.91 Å². The lowest BCUT2D eigenvalue weighted by atomic mass is 10.0. The van der Waals surface area contributed by atoms with Gasteiger partial charge in [-0.2, -0.15) is 5.26 Å².